The number of aryl methyl sites for hydroxylation is 1. The maximum Gasteiger partial charge on any atom is 0.256 e. The fourth-order valence-electron chi connectivity index (χ4n) is 2.78. The summed E-state index contributed by atoms with van der Waals surface area (Å²) in [6.07, 6.45) is 4.71. The molecule has 1 atom stereocenters. The molecular weight excluding hydrogens is 236 g/mol. The lowest BCUT2D eigenvalue weighted by Gasteiger charge is -2.28. The minimum atomic E-state index is 0.166. The molecule has 104 valence electrons. The van der Waals surface area contributed by atoms with Crippen LogP contribution in [0.3, 0.4) is 0 Å². The van der Waals surface area contributed by atoms with Gasteiger partial charge in [0.2, 0.25) is 0 Å². The van der Waals surface area contributed by atoms with Crippen LogP contribution in [0.5, 0.6) is 0 Å². The number of benzene rings is 1. The molecule has 1 heterocycles. The van der Waals surface area contributed by atoms with Gasteiger partial charge in [-0.25, -0.2) is 0 Å². The van der Waals surface area contributed by atoms with E-state index in [1.54, 1.807) is 0 Å². The summed E-state index contributed by atoms with van der Waals surface area (Å²) in [5, 5.41) is 3.14. The molecule has 1 amide bonds. The highest BCUT2D eigenvalue weighted by atomic mass is 16.2. The maximum atomic E-state index is 12.7. The molecule has 0 bridgehead atoms. The smallest absolute Gasteiger partial charge is 0.256 e. The fourth-order valence-corrected chi connectivity index (χ4v) is 2.78. The van der Waals surface area contributed by atoms with Crippen molar-refractivity contribution in [2.24, 2.45) is 0 Å². The van der Waals surface area contributed by atoms with Gasteiger partial charge in [-0.3, -0.25) is 4.79 Å². The molecule has 2 rings (SSSR count). The van der Waals surface area contributed by atoms with Crippen molar-refractivity contribution in [1.29, 1.82) is 0 Å². The van der Waals surface area contributed by atoms with E-state index in [9.17, 15) is 4.79 Å². The van der Waals surface area contributed by atoms with Crippen LogP contribution in [0.15, 0.2) is 18.2 Å². The second-order valence-corrected chi connectivity index (χ2v) is 5.50. The van der Waals surface area contributed by atoms with E-state index in [1.165, 1.54) is 18.4 Å². The Bertz CT molecular complexity index is 456. The molecule has 3 heteroatoms. The zero-order valence-corrected chi connectivity index (χ0v) is 12.2. The van der Waals surface area contributed by atoms with E-state index >= 15 is 0 Å². The summed E-state index contributed by atoms with van der Waals surface area (Å²) in [6, 6.07) is 6.34. The number of amides is 1. The number of carbonyl (C=O) groups is 1. The van der Waals surface area contributed by atoms with E-state index in [4.69, 9.17) is 0 Å². The monoisotopic (exact) mass is 260 g/mol. The fraction of sp³-hybridized carbons (Fsp3) is 0.562. The van der Waals surface area contributed by atoms with Crippen molar-refractivity contribution in [1.82, 2.24) is 4.90 Å². The topological polar surface area (TPSA) is 32.3 Å². The molecule has 0 aromatic heterocycles. The highest BCUT2D eigenvalue weighted by molar-refractivity contribution is 5.99. The molecule has 1 fully saturated rings. The summed E-state index contributed by atoms with van der Waals surface area (Å²) < 4.78 is 0. The third kappa shape index (κ3) is 3.09. The van der Waals surface area contributed by atoms with Crippen LogP contribution in [0.4, 0.5) is 5.69 Å². The normalized spacial score (nSPS) is 19.9. The first-order valence-electron chi connectivity index (χ1n) is 7.23. The second-order valence-electron chi connectivity index (χ2n) is 5.50. The molecule has 3 nitrogen and oxygen atoms in total. The van der Waals surface area contributed by atoms with Gasteiger partial charge in [0.1, 0.15) is 0 Å². The molecule has 19 heavy (non-hydrogen) atoms. The highest BCUT2D eigenvalue weighted by Gasteiger charge is 2.24. The molecule has 0 aliphatic carbocycles. The lowest BCUT2D eigenvalue weighted by atomic mass is 10.1. The van der Waals surface area contributed by atoms with Gasteiger partial charge >= 0.3 is 0 Å². The molecule has 1 aromatic carbocycles. The van der Waals surface area contributed by atoms with E-state index in [-0.39, 0.29) is 5.91 Å². The van der Waals surface area contributed by atoms with E-state index < -0.39 is 0 Å². The Labute approximate surface area is 116 Å². The Morgan fingerprint density at radius 2 is 2.11 bits per heavy atom. The first-order valence-corrected chi connectivity index (χ1v) is 7.23. The van der Waals surface area contributed by atoms with Crippen LogP contribution in [0.2, 0.25) is 0 Å². The number of nitrogens with zero attached hydrogens (tertiary/aromatic N) is 1. The molecule has 0 saturated carbocycles. The molecule has 1 unspecified atom stereocenters. The lowest BCUT2D eigenvalue weighted by Crippen LogP contribution is -2.38. The van der Waals surface area contributed by atoms with E-state index in [1.807, 2.05) is 37.1 Å². The van der Waals surface area contributed by atoms with Crippen LogP contribution < -0.4 is 5.32 Å². The Kier molecular flexibility index (Phi) is 4.46. The van der Waals surface area contributed by atoms with E-state index in [0.717, 1.165) is 30.6 Å². The summed E-state index contributed by atoms with van der Waals surface area (Å²) in [5.41, 5.74) is 2.90. The molecule has 1 aliphatic heterocycles. The molecular formula is C16H24N2O. The Hall–Kier alpha value is -1.51. The van der Waals surface area contributed by atoms with Gasteiger partial charge in [-0.1, -0.05) is 18.9 Å². The predicted molar refractivity (Wildman–Crippen MR) is 79.7 cm³/mol. The number of carbonyl (C=O) groups excluding carboxylic acids is 1. The van der Waals surface area contributed by atoms with Gasteiger partial charge < -0.3 is 10.2 Å². The quantitative estimate of drug-likeness (QED) is 0.883. The Balaban J connectivity index is 2.27. The SMILES string of the molecule is CNc1cc(C)ccc1C(=O)N1CCCCCC1C. The third-order valence-electron chi connectivity index (χ3n) is 3.99. The number of likely N-dealkylation sites (tertiary alicyclic amines) is 1. The zero-order chi connectivity index (χ0) is 13.8. The minimum absolute atomic E-state index is 0.166. The van der Waals surface area contributed by atoms with E-state index in [0.29, 0.717) is 6.04 Å². The second kappa shape index (κ2) is 6.09. The highest BCUT2D eigenvalue weighted by Crippen LogP contribution is 2.23. The van der Waals surface area contributed by atoms with Crippen molar-refractivity contribution in [2.75, 3.05) is 18.9 Å². The van der Waals surface area contributed by atoms with Gasteiger partial charge in [0.15, 0.2) is 0 Å². The van der Waals surface area contributed by atoms with Crippen LogP contribution in [0.1, 0.15) is 48.5 Å². The average Bonchev–Trinajstić information content (AvgIpc) is 2.62. The standard InChI is InChI=1S/C16H24N2O/c1-12-8-9-14(15(11-12)17-3)16(19)18-10-6-4-5-7-13(18)2/h8-9,11,13,17H,4-7,10H2,1-3H3. The molecule has 0 radical (unpaired) electrons. The Morgan fingerprint density at radius 3 is 2.84 bits per heavy atom. The number of hydrogen-bond acceptors (Lipinski definition) is 2. The van der Waals surface area contributed by atoms with Crippen molar-refractivity contribution in [3.05, 3.63) is 29.3 Å². The summed E-state index contributed by atoms with van der Waals surface area (Å²) in [5.74, 6) is 0.166. The van der Waals surface area contributed by atoms with Crippen LogP contribution in [-0.2, 0) is 0 Å². The van der Waals surface area contributed by atoms with Gasteiger partial charge in [0.05, 0.1) is 5.56 Å². The van der Waals surface area contributed by atoms with Crippen LogP contribution in [-0.4, -0.2) is 30.4 Å². The number of anilines is 1. The van der Waals surface area contributed by atoms with Gasteiger partial charge in [-0.15, -0.1) is 0 Å². The largest absolute Gasteiger partial charge is 0.387 e. The summed E-state index contributed by atoms with van der Waals surface area (Å²) in [6.45, 7) is 5.09. The molecule has 1 N–H and O–H groups in total. The molecule has 1 saturated heterocycles. The third-order valence-corrected chi connectivity index (χ3v) is 3.99. The number of hydrogen-bond donors (Lipinski definition) is 1. The first-order chi connectivity index (χ1) is 9.13. The minimum Gasteiger partial charge on any atom is -0.387 e. The van der Waals surface area contributed by atoms with Crippen molar-refractivity contribution < 1.29 is 4.79 Å². The lowest BCUT2D eigenvalue weighted by molar-refractivity contribution is 0.0699. The van der Waals surface area contributed by atoms with Gasteiger partial charge in [-0.2, -0.15) is 0 Å². The first kappa shape index (κ1) is 13.9. The summed E-state index contributed by atoms with van der Waals surface area (Å²) in [4.78, 5) is 14.8. The van der Waals surface area contributed by atoms with Gasteiger partial charge in [0, 0.05) is 25.3 Å². The van der Waals surface area contributed by atoms with Crippen molar-refractivity contribution in [3.63, 3.8) is 0 Å². The van der Waals surface area contributed by atoms with Crippen LogP contribution in [0, 0.1) is 6.92 Å². The average molecular weight is 260 g/mol. The van der Waals surface area contributed by atoms with Crippen molar-refractivity contribution in [2.45, 2.75) is 45.6 Å². The van der Waals surface area contributed by atoms with Gasteiger partial charge in [0.25, 0.3) is 5.91 Å². The van der Waals surface area contributed by atoms with Gasteiger partial charge in [-0.05, 0) is 44.4 Å². The predicted octanol–water partition coefficient (Wildman–Crippen LogP) is 3.44. The summed E-state index contributed by atoms with van der Waals surface area (Å²) in [7, 11) is 1.87. The van der Waals surface area contributed by atoms with E-state index in [2.05, 4.69) is 12.2 Å². The molecule has 1 aromatic rings. The zero-order valence-electron chi connectivity index (χ0n) is 12.2. The molecule has 0 spiro atoms. The number of rotatable bonds is 2. The number of nitrogens with one attached hydrogen (secondary N) is 1. The van der Waals surface area contributed by atoms with Crippen molar-refractivity contribution >= 4 is 11.6 Å². The molecule has 1 aliphatic rings. The Morgan fingerprint density at radius 1 is 1.32 bits per heavy atom. The van der Waals surface area contributed by atoms with Crippen LogP contribution in [0.25, 0.3) is 0 Å². The van der Waals surface area contributed by atoms with Crippen molar-refractivity contribution in [3.8, 4) is 0 Å². The van der Waals surface area contributed by atoms with Crippen LogP contribution >= 0.6 is 0 Å². The summed E-state index contributed by atoms with van der Waals surface area (Å²) >= 11 is 0. The maximum absolute atomic E-state index is 12.7.